The Labute approximate surface area is 189 Å². The summed E-state index contributed by atoms with van der Waals surface area (Å²) < 4.78 is 43.5. The molecule has 0 amide bonds. The molecule has 9 nitrogen and oxygen atoms in total. The smallest absolute Gasteiger partial charge is 0.370 e. The summed E-state index contributed by atoms with van der Waals surface area (Å²) in [5.74, 6) is 1.66. The number of hydrogen-bond acceptors (Lipinski definition) is 8. The minimum Gasteiger partial charge on any atom is -0.370 e. The molecule has 2 N–H and O–H groups in total. The van der Waals surface area contributed by atoms with E-state index in [4.69, 9.17) is 14.7 Å². The second kappa shape index (κ2) is 9.87. The molecule has 0 radical (unpaired) electrons. The van der Waals surface area contributed by atoms with Crippen LogP contribution in [0, 0.1) is 6.92 Å². The molecule has 4 rings (SSSR count). The largest absolute Gasteiger partial charge is 0.411 e. The molecule has 4 heterocycles. The van der Waals surface area contributed by atoms with Crippen molar-refractivity contribution >= 4 is 28.6 Å². The zero-order chi connectivity index (χ0) is 23.4. The van der Waals surface area contributed by atoms with E-state index in [2.05, 4.69) is 32.5 Å². The van der Waals surface area contributed by atoms with Crippen LogP contribution in [-0.4, -0.2) is 69.8 Å². The van der Waals surface area contributed by atoms with Gasteiger partial charge in [-0.25, -0.2) is 9.97 Å². The Morgan fingerprint density at radius 2 is 2.09 bits per heavy atom. The summed E-state index contributed by atoms with van der Waals surface area (Å²) in [6.45, 7) is 5.15. The zero-order valence-electron chi connectivity index (χ0n) is 18.6. The first-order chi connectivity index (χ1) is 15.8. The molecule has 0 bridgehead atoms. The summed E-state index contributed by atoms with van der Waals surface area (Å²) >= 11 is 0. The lowest BCUT2D eigenvalue weighted by molar-refractivity contribution is -0.174. The van der Waals surface area contributed by atoms with E-state index in [9.17, 15) is 13.2 Å². The Morgan fingerprint density at radius 3 is 2.82 bits per heavy atom. The molecule has 0 aromatic carbocycles. The Bertz CT molecular complexity index is 1070. The molecule has 0 unspecified atom stereocenters. The number of nitrogens with zero attached hydrogens (tertiary/aromatic N) is 6. The fourth-order valence-corrected chi connectivity index (χ4v) is 3.67. The first-order valence-corrected chi connectivity index (χ1v) is 10.9. The highest BCUT2D eigenvalue weighted by Gasteiger charge is 2.27. The summed E-state index contributed by atoms with van der Waals surface area (Å²) in [6, 6.07) is 4.12. The van der Waals surface area contributed by atoms with Crippen LogP contribution in [0.25, 0.3) is 11.0 Å². The Morgan fingerprint density at radius 1 is 1.24 bits per heavy atom. The summed E-state index contributed by atoms with van der Waals surface area (Å²) in [5, 5.41) is 11.0. The van der Waals surface area contributed by atoms with Gasteiger partial charge in [0.05, 0.1) is 19.3 Å². The molecule has 1 atom stereocenters. The highest BCUT2D eigenvalue weighted by Crippen LogP contribution is 2.27. The summed E-state index contributed by atoms with van der Waals surface area (Å²) in [6.07, 6.45) is -0.0375. The number of pyridine rings is 1. The maximum Gasteiger partial charge on any atom is 0.411 e. The van der Waals surface area contributed by atoms with Gasteiger partial charge >= 0.3 is 6.18 Å². The topological polar surface area (TPSA) is 93.0 Å². The number of ether oxygens (including phenoxy) is 1. The van der Waals surface area contributed by atoms with Gasteiger partial charge in [0.1, 0.15) is 23.5 Å². The van der Waals surface area contributed by atoms with Crippen molar-refractivity contribution in [3.05, 3.63) is 30.1 Å². The zero-order valence-corrected chi connectivity index (χ0v) is 18.6. The molecule has 33 heavy (non-hydrogen) atoms. The van der Waals surface area contributed by atoms with Crippen LogP contribution in [-0.2, 0) is 11.3 Å². The van der Waals surface area contributed by atoms with Crippen molar-refractivity contribution in [2.45, 2.75) is 39.0 Å². The van der Waals surface area contributed by atoms with Crippen LogP contribution < -0.4 is 15.5 Å². The second-order valence-corrected chi connectivity index (χ2v) is 7.99. The lowest BCUT2D eigenvalue weighted by atomic mass is 10.2. The fraction of sp³-hybridized carbons (Fsp3) is 0.524. The molecule has 0 spiro atoms. The molecular formula is C21H27F3N8O. The van der Waals surface area contributed by atoms with E-state index in [1.54, 1.807) is 17.1 Å². The standard InChI is InChI=1S/C21H27F3N8O/c1-3-15-12-31(7-6-25-15)20-28-16-11-27-32(8-9-33-13-21(22,23)24)18(16)19(30-20)29-17-5-4-14(2)10-26-17/h4-5,10-11,15,25H,3,6-9,12-13H2,1-2H3,(H,26,28,29,30)/t15-/m0/s1. The van der Waals surface area contributed by atoms with Gasteiger partial charge in [-0.1, -0.05) is 13.0 Å². The van der Waals surface area contributed by atoms with Crippen LogP contribution in [0.3, 0.4) is 0 Å². The van der Waals surface area contributed by atoms with Gasteiger partial charge in [-0.15, -0.1) is 0 Å². The van der Waals surface area contributed by atoms with Crippen LogP contribution in [0.15, 0.2) is 24.5 Å². The summed E-state index contributed by atoms with van der Waals surface area (Å²) in [4.78, 5) is 16.0. The Kier molecular flexibility index (Phi) is 6.94. The third kappa shape index (κ3) is 5.88. The number of halogens is 3. The van der Waals surface area contributed by atoms with Gasteiger partial charge in [0, 0.05) is 31.9 Å². The molecule has 12 heteroatoms. The fourth-order valence-electron chi connectivity index (χ4n) is 3.67. The third-order valence-electron chi connectivity index (χ3n) is 5.38. The molecule has 3 aromatic heterocycles. The number of aryl methyl sites for hydroxylation is 1. The predicted molar refractivity (Wildman–Crippen MR) is 119 cm³/mol. The SMILES string of the molecule is CC[C@H]1CN(c2nc(Nc3ccc(C)cn3)c3c(cnn3CCOCC(F)(F)F)n2)CCN1. The minimum atomic E-state index is -4.37. The third-order valence-corrected chi connectivity index (χ3v) is 5.38. The second-order valence-electron chi connectivity index (χ2n) is 7.99. The maximum absolute atomic E-state index is 12.4. The van der Waals surface area contributed by atoms with Crippen molar-refractivity contribution in [2.24, 2.45) is 0 Å². The van der Waals surface area contributed by atoms with Crippen molar-refractivity contribution in [1.29, 1.82) is 0 Å². The van der Waals surface area contributed by atoms with Crippen LogP contribution in [0.1, 0.15) is 18.9 Å². The van der Waals surface area contributed by atoms with Gasteiger partial charge in [0.15, 0.2) is 5.82 Å². The van der Waals surface area contributed by atoms with Gasteiger partial charge in [-0.3, -0.25) is 4.68 Å². The first kappa shape index (κ1) is 23.2. The molecule has 0 saturated carbocycles. The van der Waals surface area contributed by atoms with Crippen molar-refractivity contribution in [3.63, 3.8) is 0 Å². The van der Waals surface area contributed by atoms with Crippen LogP contribution in [0.4, 0.5) is 30.8 Å². The van der Waals surface area contributed by atoms with Gasteiger partial charge < -0.3 is 20.3 Å². The van der Waals surface area contributed by atoms with Gasteiger partial charge in [-0.05, 0) is 25.0 Å². The average Bonchev–Trinajstić information content (AvgIpc) is 3.21. The summed E-state index contributed by atoms with van der Waals surface area (Å²) in [7, 11) is 0. The maximum atomic E-state index is 12.4. The number of nitrogens with one attached hydrogen (secondary N) is 2. The predicted octanol–water partition coefficient (Wildman–Crippen LogP) is 3.04. The highest BCUT2D eigenvalue weighted by molar-refractivity contribution is 5.88. The van der Waals surface area contributed by atoms with Crippen LogP contribution in [0.5, 0.6) is 0 Å². The normalized spacial score (nSPS) is 17.0. The first-order valence-electron chi connectivity index (χ1n) is 10.9. The summed E-state index contributed by atoms with van der Waals surface area (Å²) in [5.41, 5.74) is 2.20. The minimum absolute atomic E-state index is 0.129. The van der Waals surface area contributed by atoms with E-state index in [1.807, 2.05) is 19.1 Å². The molecule has 1 aliphatic heterocycles. The monoisotopic (exact) mass is 464 g/mol. The van der Waals surface area contributed by atoms with E-state index < -0.39 is 12.8 Å². The van der Waals surface area contributed by atoms with Crippen molar-refractivity contribution in [2.75, 3.05) is 43.1 Å². The van der Waals surface area contributed by atoms with E-state index in [1.165, 1.54) is 0 Å². The van der Waals surface area contributed by atoms with E-state index in [0.717, 1.165) is 31.6 Å². The lowest BCUT2D eigenvalue weighted by Crippen LogP contribution is -2.51. The molecule has 0 aliphatic carbocycles. The molecule has 1 fully saturated rings. The molecule has 3 aromatic rings. The number of anilines is 3. The Hall–Kier alpha value is -2.99. The number of fused-ring (bicyclic) bond motifs is 1. The molecule has 178 valence electrons. The van der Waals surface area contributed by atoms with Gasteiger partial charge in [0.25, 0.3) is 0 Å². The van der Waals surface area contributed by atoms with Crippen molar-refractivity contribution < 1.29 is 17.9 Å². The molecule has 1 aliphatic rings. The lowest BCUT2D eigenvalue weighted by Gasteiger charge is -2.33. The van der Waals surface area contributed by atoms with Crippen molar-refractivity contribution in [1.82, 2.24) is 30.0 Å². The van der Waals surface area contributed by atoms with E-state index >= 15 is 0 Å². The molecular weight excluding hydrogens is 437 g/mol. The van der Waals surface area contributed by atoms with Crippen LogP contribution >= 0.6 is 0 Å². The quantitative estimate of drug-likeness (QED) is 0.492. The Balaban J connectivity index is 1.64. The van der Waals surface area contributed by atoms with E-state index in [0.29, 0.717) is 34.7 Å². The van der Waals surface area contributed by atoms with Crippen LogP contribution in [0.2, 0.25) is 0 Å². The number of piperazine rings is 1. The number of alkyl halides is 3. The number of rotatable bonds is 8. The van der Waals surface area contributed by atoms with E-state index in [-0.39, 0.29) is 13.2 Å². The highest BCUT2D eigenvalue weighted by atomic mass is 19.4. The average molecular weight is 464 g/mol. The van der Waals surface area contributed by atoms with Gasteiger partial charge in [-0.2, -0.15) is 23.3 Å². The number of aromatic nitrogens is 5. The molecule has 1 saturated heterocycles. The van der Waals surface area contributed by atoms with Crippen molar-refractivity contribution in [3.8, 4) is 0 Å². The van der Waals surface area contributed by atoms with Gasteiger partial charge in [0.2, 0.25) is 5.95 Å². The number of hydrogen-bond donors (Lipinski definition) is 2.